The fourth-order valence-electron chi connectivity index (χ4n) is 4.21. The number of likely N-dealkylation sites (tertiary alicyclic amines) is 1. The van der Waals surface area contributed by atoms with Crippen molar-refractivity contribution in [2.24, 2.45) is 0 Å². The fraction of sp³-hybridized carbons (Fsp3) is 0.483. The Labute approximate surface area is 213 Å². The number of rotatable bonds is 8. The number of aryl methyl sites for hydroxylation is 1. The molecular formula is C29H39F4N3. The molecule has 0 bridgehead atoms. The number of nitrogens with zero attached hydrogens (tertiary/aromatic N) is 2. The molecule has 0 aliphatic carbocycles. The third-order valence-electron chi connectivity index (χ3n) is 6.70. The van der Waals surface area contributed by atoms with Crippen LogP contribution < -0.4 is 5.32 Å². The zero-order valence-electron chi connectivity index (χ0n) is 22.5. The molecule has 0 saturated carbocycles. The first-order chi connectivity index (χ1) is 16.9. The van der Waals surface area contributed by atoms with Crippen molar-refractivity contribution in [3.63, 3.8) is 0 Å². The van der Waals surface area contributed by atoms with E-state index in [1.54, 1.807) is 13.1 Å². The summed E-state index contributed by atoms with van der Waals surface area (Å²) in [5.74, 6) is 0.0969. The first-order valence-electron chi connectivity index (χ1n) is 12.6. The van der Waals surface area contributed by atoms with Gasteiger partial charge in [0.15, 0.2) is 0 Å². The Hall–Kier alpha value is -2.83. The van der Waals surface area contributed by atoms with Gasteiger partial charge >= 0.3 is 6.18 Å². The maximum absolute atomic E-state index is 15.2. The van der Waals surface area contributed by atoms with Crippen molar-refractivity contribution in [2.75, 3.05) is 18.9 Å². The van der Waals surface area contributed by atoms with Crippen molar-refractivity contribution < 1.29 is 17.6 Å². The number of nitrogens with one attached hydrogen (secondary N) is 1. The Balaban J connectivity index is 2.70. The normalized spacial score (nSPS) is 20.1. The molecule has 198 valence electrons. The molecule has 1 aliphatic heterocycles. The molecule has 1 saturated heterocycles. The highest BCUT2D eigenvalue weighted by molar-refractivity contribution is 5.57. The van der Waals surface area contributed by atoms with E-state index in [-0.39, 0.29) is 18.0 Å². The van der Waals surface area contributed by atoms with Crippen molar-refractivity contribution in [3.05, 3.63) is 81.5 Å². The molecule has 1 unspecified atom stereocenters. The lowest BCUT2D eigenvalue weighted by molar-refractivity contribution is -0.0884. The van der Waals surface area contributed by atoms with E-state index in [0.29, 0.717) is 12.0 Å². The standard InChI is InChI=1S/C29H39F4N3/c1-8-12-22(29(31,32)33)17-24(25(30)10-3)23(19(4)9-2)18-27-26(13-11-16-36(27)7)35-28-21(6)20(5)14-15-34-28/h10,12,14-15,17-18,26H,8-9,11,13,16H2,1-7H3,(H,34,35)/b22-12-,23-19?,24-17-,25-10+,27-18-. The van der Waals surface area contributed by atoms with E-state index in [9.17, 15) is 13.2 Å². The van der Waals surface area contributed by atoms with Crippen LogP contribution >= 0.6 is 0 Å². The SMILES string of the molecule is C\C=C(F)/C(=C\C(=C\CC)C(F)(F)F)C(/C=C1/C(Nc2nccc(C)c2C)CCCN1C)=C(C)CC. The molecule has 1 atom stereocenters. The Morgan fingerprint density at radius 1 is 1.25 bits per heavy atom. The van der Waals surface area contributed by atoms with Gasteiger partial charge in [0.25, 0.3) is 0 Å². The largest absolute Gasteiger partial charge is 0.416 e. The van der Waals surface area contributed by atoms with Gasteiger partial charge in [0.05, 0.1) is 11.6 Å². The zero-order chi connectivity index (χ0) is 27.0. The number of anilines is 1. The third kappa shape index (κ3) is 7.34. The highest BCUT2D eigenvalue weighted by Crippen LogP contribution is 2.35. The number of pyridine rings is 1. The summed E-state index contributed by atoms with van der Waals surface area (Å²) in [7, 11) is 1.96. The van der Waals surface area contributed by atoms with Crippen molar-refractivity contribution in [1.29, 1.82) is 0 Å². The number of alkyl halides is 3. The van der Waals surface area contributed by atoms with Crippen LogP contribution in [0, 0.1) is 13.8 Å². The topological polar surface area (TPSA) is 28.2 Å². The molecule has 2 rings (SSSR count). The average Bonchev–Trinajstić information content (AvgIpc) is 2.83. The van der Waals surface area contributed by atoms with E-state index in [1.807, 2.05) is 46.9 Å². The maximum Gasteiger partial charge on any atom is 0.416 e. The highest BCUT2D eigenvalue weighted by atomic mass is 19.4. The van der Waals surface area contributed by atoms with E-state index in [2.05, 4.69) is 15.2 Å². The van der Waals surface area contributed by atoms with Gasteiger partial charge in [0, 0.05) is 31.1 Å². The quantitative estimate of drug-likeness (QED) is 0.283. The Kier molecular flexibility index (Phi) is 10.6. The summed E-state index contributed by atoms with van der Waals surface area (Å²) < 4.78 is 56.5. The van der Waals surface area contributed by atoms with Gasteiger partial charge in [-0.1, -0.05) is 31.6 Å². The van der Waals surface area contributed by atoms with Gasteiger partial charge in [0.2, 0.25) is 0 Å². The lowest BCUT2D eigenvalue weighted by Gasteiger charge is -2.36. The van der Waals surface area contributed by atoms with Crippen LogP contribution in [0.2, 0.25) is 0 Å². The van der Waals surface area contributed by atoms with Crippen LogP contribution in [0.4, 0.5) is 23.4 Å². The smallest absolute Gasteiger partial charge is 0.376 e. The molecule has 36 heavy (non-hydrogen) atoms. The van der Waals surface area contributed by atoms with Gasteiger partial charge in [-0.05, 0) is 88.3 Å². The second kappa shape index (κ2) is 12.9. The summed E-state index contributed by atoms with van der Waals surface area (Å²) in [6, 6.07) is 1.84. The van der Waals surface area contributed by atoms with E-state index in [1.165, 1.54) is 13.0 Å². The molecule has 1 aliphatic rings. The number of allylic oxidation sites excluding steroid dienone is 9. The first kappa shape index (κ1) is 29.4. The summed E-state index contributed by atoms with van der Waals surface area (Å²) in [5, 5.41) is 3.54. The molecule has 3 nitrogen and oxygen atoms in total. The predicted octanol–water partition coefficient (Wildman–Crippen LogP) is 8.51. The molecule has 0 spiro atoms. The summed E-state index contributed by atoms with van der Waals surface area (Å²) >= 11 is 0. The second-order valence-electron chi connectivity index (χ2n) is 9.24. The molecular weight excluding hydrogens is 466 g/mol. The van der Waals surface area contributed by atoms with Crippen molar-refractivity contribution in [3.8, 4) is 0 Å². The van der Waals surface area contributed by atoms with Crippen molar-refractivity contribution in [1.82, 2.24) is 9.88 Å². The van der Waals surface area contributed by atoms with Gasteiger partial charge in [0.1, 0.15) is 11.6 Å². The van der Waals surface area contributed by atoms with Crippen LogP contribution in [0.25, 0.3) is 0 Å². The zero-order valence-corrected chi connectivity index (χ0v) is 22.5. The molecule has 7 heteroatoms. The predicted molar refractivity (Wildman–Crippen MR) is 141 cm³/mol. The number of halogens is 4. The average molecular weight is 506 g/mol. The van der Waals surface area contributed by atoms with Crippen LogP contribution in [0.5, 0.6) is 0 Å². The molecule has 2 heterocycles. The number of aromatic nitrogens is 1. The molecule has 0 radical (unpaired) electrons. The van der Waals surface area contributed by atoms with Gasteiger partial charge in [-0.25, -0.2) is 9.37 Å². The molecule has 1 aromatic heterocycles. The number of hydrogen-bond donors (Lipinski definition) is 1. The summed E-state index contributed by atoms with van der Waals surface area (Å²) in [6.07, 6.45) is 4.85. The molecule has 0 aromatic carbocycles. The maximum atomic E-state index is 15.2. The minimum atomic E-state index is -4.58. The molecule has 1 fully saturated rings. The van der Waals surface area contributed by atoms with E-state index in [0.717, 1.165) is 59.8 Å². The molecule has 0 amide bonds. The minimum Gasteiger partial charge on any atom is -0.376 e. The first-order valence-corrected chi connectivity index (χ1v) is 12.6. The second-order valence-corrected chi connectivity index (χ2v) is 9.24. The van der Waals surface area contributed by atoms with Gasteiger partial charge in [-0.15, -0.1) is 0 Å². The van der Waals surface area contributed by atoms with Gasteiger partial charge in [-0.2, -0.15) is 13.2 Å². The minimum absolute atomic E-state index is 0.0519. The molecule has 1 aromatic rings. The summed E-state index contributed by atoms with van der Waals surface area (Å²) in [6.45, 7) is 11.7. The van der Waals surface area contributed by atoms with Crippen LogP contribution in [-0.4, -0.2) is 35.7 Å². The number of piperidine rings is 1. The van der Waals surface area contributed by atoms with Crippen molar-refractivity contribution >= 4 is 5.82 Å². The number of likely N-dealkylation sites (N-methyl/N-ethyl adjacent to an activating group) is 1. The number of hydrogen-bond acceptors (Lipinski definition) is 3. The van der Waals surface area contributed by atoms with Crippen LogP contribution in [0.1, 0.15) is 64.5 Å². The summed E-state index contributed by atoms with van der Waals surface area (Å²) in [5.41, 5.74) is 3.45. The van der Waals surface area contributed by atoms with Crippen molar-refractivity contribution in [2.45, 2.75) is 79.4 Å². The Morgan fingerprint density at radius 2 is 1.94 bits per heavy atom. The highest BCUT2D eigenvalue weighted by Gasteiger charge is 2.33. The van der Waals surface area contributed by atoms with E-state index < -0.39 is 17.6 Å². The lowest BCUT2D eigenvalue weighted by Crippen LogP contribution is -2.38. The third-order valence-corrected chi connectivity index (χ3v) is 6.70. The monoisotopic (exact) mass is 505 g/mol. The fourth-order valence-corrected chi connectivity index (χ4v) is 4.21. The van der Waals surface area contributed by atoms with Crippen LogP contribution in [0.3, 0.4) is 0 Å². The van der Waals surface area contributed by atoms with Crippen LogP contribution in [-0.2, 0) is 0 Å². The van der Waals surface area contributed by atoms with Crippen LogP contribution in [0.15, 0.2) is 70.4 Å². The van der Waals surface area contributed by atoms with E-state index in [4.69, 9.17) is 0 Å². The van der Waals surface area contributed by atoms with Gasteiger partial charge in [-0.3, -0.25) is 0 Å². The summed E-state index contributed by atoms with van der Waals surface area (Å²) in [4.78, 5) is 6.60. The Bertz CT molecular complexity index is 1070. The van der Waals surface area contributed by atoms with Gasteiger partial charge < -0.3 is 10.2 Å². The molecule has 1 N–H and O–H groups in total. The Morgan fingerprint density at radius 3 is 2.53 bits per heavy atom. The lowest BCUT2D eigenvalue weighted by atomic mass is 9.91. The van der Waals surface area contributed by atoms with E-state index >= 15 is 4.39 Å².